The number of nitrogens with one attached hydrogen (secondary N) is 3. The van der Waals surface area contributed by atoms with E-state index in [4.69, 9.17) is 0 Å². The minimum atomic E-state index is -1.05. The lowest BCUT2D eigenvalue weighted by atomic mass is 10.1. The smallest absolute Gasteiger partial charge is 0.326 e. The van der Waals surface area contributed by atoms with Crippen molar-refractivity contribution in [3.05, 3.63) is 18.2 Å². The summed E-state index contributed by atoms with van der Waals surface area (Å²) in [6.45, 7) is 2.09. The van der Waals surface area contributed by atoms with Crippen molar-refractivity contribution in [1.29, 1.82) is 0 Å². The third-order valence-corrected chi connectivity index (χ3v) is 6.17. The van der Waals surface area contributed by atoms with E-state index in [2.05, 4.69) is 20.6 Å². The summed E-state index contributed by atoms with van der Waals surface area (Å²) in [4.78, 5) is 57.1. The standard InChI is InChI=1S/C17H23N5O5S/c1-9-14(23)21-12(7-28-9)15(24)20-11(5-10-6-18-8-19-10)16(25)22-4-2-3-13(22)17(26)27/h6,8-9,11-13H,2-5,7H2,1H3,(H,18,19)(H,20,24)(H,21,23)(H,26,27). The fourth-order valence-corrected chi connectivity index (χ4v) is 4.30. The maximum absolute atomic E-state index is 13.0. The number of carboxylic acid groups (broad SMARTS) is 1. The van der Waals surface area contributed by atoms with Crippen LogP contribution < -0.4 is 10.6 Å². The summed E-state index contributed by atoms with van der Waals surface area (Å²) in [5.41, 5.74) is 0.639. The first-order chi connectivity index (χ1) is 13.4. The molecule has 2 aliphatic rings. The van der Waals surface area contributed by atoms with Crippen molar-refractivity contribution in [2.45, 2.75) is 49.6 Å². The highest BCUT2D eigenvalue weighted by molar-refractivity contribution is 8.00. The van der Waals surface area contributed by atoms with Gasteiger partial charge in [0.05, 0.1) is 11.6 Å². The monoisotopic (exact) mass is 409 g/mol. The molecule has 1 aromatic heterocycles. The summed E-state index contributed by atoms with van der Waals surface area (Å²) >= 11 is 1.37. The maximum atomic E-state index is 13.0. The number of hydrogen-bond donors (Lipinski definition) is 4. The van der Waals surface area contributed by atoms with Crippen LogP contribution in [0.5, 0.6) is 0 Å². The number of aliphatic carboxylic acids is 1. The van der Waals surface area contributed by atoms with Crippen LogP contribution in [0.2, 0.25) is 0 Å². The predicted octanol–water partition coefficient (Wildman–Crippen LogP) is -0.867. The van der Waals surface area contributed by atoms with E-state index in [1.54, 1.807) is 13.1 Å². The van der Waals surface area contributed by atoms with Gasteiger partial charge in [0.1, 0.15) is 18.1 Å². The van der Waals surface area contributed by atoms with Crippen molar-refractivity contribution in [1.82, 2.24) is 25.5 Å². The second-order valence-electron chi connectivity index (χ2n) is 6.91. The van der Waals surface area contributed by atoms with E-state index in [-0.39, 0.29) is 17.6 Å². The van der Waals surface area contributed by atoms with E-state index >= 15 is 0 Å². The number of hydrogen-bond acceptors (Lipinski definition) is 6. The molecule has 3 heterocycles. The Morgan fingerprint density at radius 2 is 2.25 bits per heavy atom. The van der Waals surface area contributed by atoms with Gasteiger partial charge in [0.15, 0.2) is 0 Å². The Labute approximate surface area is 165 Å². The fraction of sp³-hybridized carbons (Fsp3) is 0.588. The van der Waals surface area contributed by atoms with Gasteiger partial charge in [-0.2, -0.15) is 0 Å². The lowest BCUT2D eigenvalue weighted by Crippen LogP contribution is -2.59. The molecule has 10 nitrogen and oxygen atoms in total. The largest absolute Gasteiger partial charge is 0.480 e. The number of imidazole rings is 1. The van der Waals surface area contributed by atoms with Gasteiger partial charge >= 0.3 is 5.97 Å². The van der Waals surface area contributed by atoms with Gasteiger partial charge in [-0.15, -0.1) is 11.8 Å². The van der Waals surface area contributed by atoms with Gasteiger partial charge < -0.3 is 25.6 Å². The van der Waals surface area contributed by atoms with Gasteiger partial charge in [-0.3, -0.25) is 14.4 Å². The molecule has 2 fully saturated rings. The highest BCUT2D eigenvalue weighted by atomic mass is 32.2. The first-order valence-corrected chi connectivity index (χ1v) is 10.1. The summed E-state index contributed by atoms with van der Waals surface area (Å²) in [5, 5.41) is 14.5. The summed E-state index contributed by atoms with van der Waals surface area (Å²) < 4.78 is 0. The maximum Gasteiger partial charge on any atom is 0.326 e. The normalized spacial score (nSPS) is 25.8. The first-order valence-electron chi connectivity index (χ1n) is 9.09. The Morgan fingerprint density at radius 1 is 1.46 bits per heavy atom. The molecule has 4 N–H and O–H groups in total. The summed E-state index contributed by atoms with van der Waals surface area (Å²) in [7, 11) is 0. The number of nitrogens with zero attached hydrogens (tertiary/aromatic N) is 2. The van der Waals surface area contributed by atoms with Gasteiger partial charge in [0.2, 0.25) is 17.7 Å². The number of thioether (sulfide) groups is 1. The van der Waals surface area contributed by atoms with Crippen molar-refractivity contribution in [2.75, 3.05) is 12.3 Å². The molecule has 0 spiro atoms. The molecule has 0 aromatic carbocycles. The van der Waals surface area contributed by atoms with Crippen LogP contribution in [0.3, 0.4) is 0 Å². The second kappa shape index (κ2) is 8.63. The zero-order valence-electron chi connectivity index (χ0n) is 15.4. The third kappa shape index (κ3) is 4.46. The number of H-pyrrole nitrogens is 1. The van der Waals surface area contributed by atoms with Crippen LogP contribution in [-0.4, -0.2) is 79.3 Å². The average molecular weight is 409 g/mol. The molecular weight excluding hydrogens is 386 g/mol. The van der Waals surface area contributed by atoms with E-state index in [0.717, 1.165) is 0 Å². The van der Waals surface area contributed by atoms with Crippen molar-refractivity contribution in [3.8, 4) is 0 Å². The highest BCUT2D eigenvalue weighted by Crippen LogP contribution is 2.20. The van der Waals surface area contributed by atoms with E-state index in [9.17, 15) is 24.3 Å². The van der Waals surface area contributed by atoms with Crippen molar-refractivity contribution >= 4 is 35.5 Å². The molecule has 1 aromatic rings. The highest BCUT2D eigenvalue weighted by Gasteiger charge is 2.39. The van der Waals surface area contributed by atoms with Crippen LogP contribution in [0.15, 0.2) is 12.5 Å². The Balaban J connectivity index is 1.73. The zero-order chi connectivity index (χ0) is 20.3. The molecule has 2 saturated heterocycles. The lowest BCUT2D eigenvalue weighted by Gasteiger charge is -2.30. The second-order valence-corrected chi connectivity index (χ2v) is 8.28. The average Bonchev–Trinajstić information content (AvgIpc) is 3.34. The predicted molar refractivity (Wildman–Crippen MR) is 100 cm³/mol. The molecule has 0 aliphatic carbocycles. The van der Waals surface area contributed by atoms with E-state index < -0.39 is 35.9 Å². The zero-order valence-corrected chi connectivity index (χ0v) is 16.2. The molecule has 2 aliphatic heterocycles. The van der Waals surface area contributed by atoms with E-state index in [1.807, 2.05) is 0 Å². The van der Waals surface area contributed by atoms with Gasteiger partial charge in [0, 0.05) is 30.6 Å². The number of carbonyl (C=O) groups is 4. The summed E-state index contributed by atoms with van der Waals surface area (Å²) in [6, 6.07) is -2.58. The number of amides is 3. The molecule has 4 unspecified atom stereocenters. The van der Waals surface area contributed by atoms with Gasteiger partial charge in [-0.25, -0.2) is 9.78 Å². The molecule has 3 rings (SSSR count). The van der Waals surface area contributed by atoms with Crippen LogP contribution in [0.4, 0.5) is 0 Å². The quantitative estimate of drug-likeness (QED) is 0.478. The topological polar surface area (TPSA) is 144 Å². The number of likely N-dealkylation sites (tertiary alicyclic amines) is 1. The number of carbonyl (C=O) groups excluding carboxylic acids is 3. The van der Waals surface area contributed by atoms with Crippen LogP contribution >= 0.6 is 11.8 Å². The van der Waals surface area contributed by atoms with Crippen LogP contribution in [0, 0.1) is 0 Å². The van der Waals surface area contributed by atoms with Crippen LogP contribution in [0.25, 0.3) is 0 Å². The van der Waals surface area contributed by atoms with Crippen molar-refractivity contribution in [2.24, 2.45) is 0 Å². The molecular formula is C17H23N5O5S. The molecule has 3 amide bonds. The molecule has 152 valence electrons. The van der Waals surface area contributed by atoms with E-state index in [1.165, 1.54) is 23.0 Å². The lowest BCUT2D eigenvalue weighted by molar-refractivity contribution is -0.149. The minimum Gasteiger partial charge on any atom is -0.480 e. The Kier molecular flexibility index (Phi) is 6.22. The number of carboxylic acids is 1. The SMILES string of the molecule is CC1SCC(C(=O)NC(Cc2cnc[nH]2)C(=O)N2CCCC2C(=O)O)NC1=O. The molecule has 0 bridgehead atoms. The minimum absolute atomic E-state index is 0.150. The number of rotatable bonds is 6. The molecule has 0 radical (unpaired) electrons. The Hall–Kier alpha value is -2.56. The fourth-order valence-electron chi connectivity index (χ4n) is 3.36. The van der Waals surface area contributed by atoms with Gasteiger partial charge in [-0.1, -0.05) is 0 Å². The number of aromatic amines is 1. The Morgan fingerprint density at radius 3 is 2.89 bits per heavy atom. The van der Waals surface area contributed by atoms with Crippen molar-refractivity contribution < 1.29 is 24.3 Å². The third-order valence-electron chi connectivity index (χ3n) is 4.93. The Bertz CT molecular complexity index is 755. The number of aromatic nitrogens is 2. The molecule has 28 heavy (non-hydrogen) atoms. The summed E-state index contributed by atoms with van der Waals surface area (Å²) in [6.07, 6.45) is 4.15. The molecule has 4 atom stereocenters. The molecule has 0 saturated carbocycles. The van der Waals surface area contributed by atoms with Crippen LogP contribution in [-0.2, 0) is 25.6 Å². The van der Waals surface area contributed by atoms with Gasteiger partial charge in [0.25, 0.3) is 0 Å². The van der Waals surface area contributed by atoms with Crippen LogP contribution in [0.1, 0.15) is 25.5 Å². The first kappa shape index (κ1) is 20.2. The van der Waals surface area contributed by atoms with E-state index in [0.29, 0.717) is 30.8 Å². The molecule has 11 heteroatoms. The van der Waals surface area contributed by atoms with Gasteiger partial charge in [-0.05, 0) is 19.8 Å². The summed E-state index contributed by atoms with van der Waals surface area (Å²) in [5.74, 6) is -1.78. The van der Waals surface area contributed by atoms with Crippen molar-refractivity contribution in [3.63, 3.8) is 0 Å².